The number of nitrogens with one attached hydrogen (secondary N) is 7. The highest BCUT2D eigenvalue weighted by atomic mass is 35.5. The van der Waals surface area contributed by atoms with E-state index in [1.165, 1.54) is 33.0 Å². The summed E-state index contributed by atoms with van der Waals surface area (Å²) < 4.78 is 38.3. The summed E-state index contributed by atoms with van der Waals surface area (Å²) in [6, 6.07) is -0.679. The molecule has 7 aliphatic rings. The van der Waals surface area contributed by atoms with Gasteiger partial charge in [-0.3, -0.25) is 33.6 Å². The van der Waals surface area contributed by atoms with Crippen LogP contribution in [0.3, 0.4) is 0 Å². The van der Waals surface area contributed by atoms with Crippen LogP contribution in [0.1, 0.15) is 105 Å². The first-order chi connectivity index (χ1) is 47.7. The Hall–Kier alpha value is -9.20. The molecule has 0 spiro atoms. The number of halogens is 2. The van der Waals surface area contributed by atoms with Gasteiger partial charge in [0.1, 0.15) is 89.5 Å². The van der Waals surface area contributed by atoms with Crippen molar-refractivity contribution < 1.29 is 118 Å². The van der Waals surface area contributed by atoms with Crippen molar-refractivity contribution in [1.82, 2.24) is 37.2 Å². The van der Waals surface area contributed by atoms with E-state index in [9.17, 15) is 75.0 Å². The summed E-state index contributed by atoms with van der Waals surface area (Å²) >= 11 is 14.1. The van der Waals surface area contributed by atoms with Crippen molar-refractivity contribution in [3.05, 3.63) is 117 Å². The molecule has 7 amide bonds. The van der Waals surface area contributed by atoms with E-state index in [4.69, 9.17) is 63.1 Å². The van der Waals surface area contributed by atoms with E-state index < -0.39 is 237 Å². The summed E-state index contributed by atoms with van der Waals surface area (Å²) in [5.41, 5.74) is 8.00. The van der Waals surface area contributed by atoms with Gasteiger partial charge in [-0.1, -0.05) is 55.2 Å². The van der Waals surface area contributed by atoms with Gasteiger partial charge in [-0.25, -0.2) is 4.79 Å². The predicted molar refractivity (Wildman–Crippen MR) is 349 cm³/mol. The van der Waals surface area contributed by atoms with Crippen LogP contribution >= 0.6 is 23.2 Å². The number of aliphatic hydroxyl groups is 6. The first kappa shape index (κ1) is 74.5. The van der Waals surface area contributed by atoms with Gasteiger partial charge in [0.25, 0.3) is 0 Å². The molecule has 12 rings (SSSR count). The van der Waals surface area contributed by atoms with E-state index in [-0.39, 0.29) is 46.2 Å². The highest BCUT2D eigenvalue weighted by molar-refractivity contribution is 6.32. The van der Waals surface area contributed by atoms with Gasteiger partial charge in [0.05, 0.1) is 41.3 Å². The van der Waals surface area contributed by atoms with Crippen LogP contribution in [-0.2, 0) is 52.6 Å². The molecular formula is C66H75Cl2N9O24. The third-order valence-corrected chi connectivity index (χ3v) is 18.4. The molecule has 33 nitrogen and oxygen atoms in total. The second-order valence-electron chi connectivity index (χ2n) is 25.7. The maximum Gasteiger partial charge on any atom is 0.330 e. The van der Waals surface area contributed by atoms with Gasteiger partial charge in [-0.2, -0.15) is 0 Å². The Labute approximate surface area is 584 Å². The van der Waals surface area contributed by atoms with Gasteiger partial charge in [-0.05, 0) is 110 Å². The van der Waals surface area contributed by atoms with E-state index in [0.717, 1.165) is 66.7 Å². The zero-order valence-corrected chi connectivity index (χ0v) is 55.8. The van der Waals surface area contributed by atoms with Crippen LogP contribution in [0.15, 0.2) is 78.9 Å². The van der Waals surface area contributed by atoms with Gasteiger partial charge in [0, 0.05) is 34.7 Å². The predicted octanol–water partition coefficient (Wildman–Crippen LogP) is 0.106. The molecule has 7 aliphatic heterocycles. The fraction of sp³-hybridized carbons (Fsp3) is 0.424. The number of hydrogen-bond donors (Lipinski definition) is 19. The lowest BCUT2D eigenvalue weighted by Crippen LogP contribution is -2.64. The number of primary amides is 1. The Balaban J connectivity index is 1.24. The molecule has 101 heavy (non-hydrogen) atoms. The number of carboxylic acids is 1. The molecule has 7 heterocycles. The molecule has 542 valence electrons. The summed E-state index contributed by atoms with van der Waals surface area (Å²) in [4.78, 5) is 117. The molecule has 2 saturated heterocycles. The molecule has 35 heteroatoms. The number of rotatable bonds is 13. The van der Waals surface area contributed by atoms with Gasteiger partial charge >= 0.3 is 5.97 Å². The van der Waals surface area contributed by atoms with E-state index in [0.29, 0.717) is 0 Å². The number of phenols is 3. The van der Waals surface area contributed by atoms with Gasteiger partial charge in [0.2, 0.25) is 53.4 Å². The van der Waals surface area contributed by atoms with Crippen molar-refractivity contribution >= 4 is 70.5 Å². The average molecular weight is 1450 g/mol. The highest BCUT2D eigenvalue weighted by Crippen LogP contribution is 2.50. The van der Waals surface area contributed by atoms with Gasteiger partial charge in [0.15, 0.2) is 29.9 Å². The van der Waals surface area contributed by atoms with E-state index in [1.54, 1.807) is 0 Å². The van der Waals surface area contributed by atoms with Crippen LogP contribution in [0.2, 0.25) is 10.0 Å². The molecule has 21 N–H and O–H groups in total. The molecule has 2 fully saturated rings. The fourth-order valence-corrected chi connectivity index (χ4v) is 12.9. The number of amides is 7. The molecule has 0 radical (unpaired) electrons. The van der Waals surface area contributed by atoms with Crippen LogP contribution in [0.4, 0.5) is 0 Å². The highest BCUT2D eigenvalue weighted by Gasteiger charge is 2.51. The zero-order valence-electron chi connectivity index (χ0n) is 54.3. The van der Waals surface area contributed by atoms with Crippen molar-refractivity contribution in [2.75, 3.05) is 13.7 Å². The lowest BCUT2D eigenvalue weighted by atomic mass is 9.86. The zero-order chi connectivity index (χ0) is 73.5. The molecule has 5 aromatic carbocycles. The Morgan fingerprint density at radius 2 is 1.32 bits per heavy atom. The van der Waals surface area contributed by atoms with Crippen LogP contribution < -0.4 is 62.9 Å². The molecule has 0 aromatic heterocycles. The number of nitrogens with two attached hydrogens (primary N) is 2. The number of aliphatic carboxylic acids is 1. The second kappa shape index (κ2) is 30.2. The summed E-state index contributed by atoms with van der Waals surface area (Å²) in [5.74, 6) is -16.0. The molecular weight excluding hydrogens is 1370 g/mol. The number of phenolic OH excluding ortho intramolecular Hbond substituents is 3. The number of carboxylic acid groups (broad SMARTS) is 1. The number of ether oxygens (including phenoxy) is 6. The average Bonchev–Trinajstić information content (AvgIpc) is 0.775. The molecule has 11 bridgehead atoms. The molecule has 6 unspecified atom stereocenters. The van der Waals surface area contributed by atoms with E-state index in [2.05, 4.69) is 37.2 Å². The Morgan fingerprint density at radius 3 is 1.90 bits per heavy atom. The normalized spacial score (nSPS) is 29.4. The maximum atomic E-state index is 16.0. The number of likely N-dealkylation sites (N-methyl/N-ethyl adjacent to an activating group) is 1. The standard InChI is InChI=1S/C66H75Cl2N9O24/c1-23(2)12-34(71-5)58(88)76-49-51(83)26-7-10-38(32(67)14-26)97-40-16-28-17-41(55(40)101-65-56(54(86)53(85)42(22-78)99-65)100-44-21-66(4,70)57(87)24(3)96-44)98-39-11-8-27(15-33(39)68)52(84)50-63(93)75-48(64(94)95)31-18-29(79)19-37(81)45(31)30-13-25(6-9-36(30)80)46(60(90)77-50)74-61(91)47(28)73-59(89)35(20-43(69)82)72-62(49)92/h6-11,13-19,23-24,34-35,42,44,46-54,56-57,65,71,78-81,83-87H,12,20-22,70H2,1-5H3,(H2,69,82)(H,72,92)(H,73,89)(H,74,91)(H,75,93)(H,76,88)(H,77,90)(H,94,95)/t24?,34-,35+,42?,44+,46?,47-,48+,49-,50+,51-,52-,53+,54?,56?,57+,65-,66?/m1/s1. The van der Waals surface area contributed by atoms with Gasteiger partial charge in [-0.15, -0.1) is 0 Å². The van der Waals surface area contributed by atoms with Crippen molar-refractivity contribution in [1.29, 1.82) is 0 Å². The van der Waals surface area contributed by atoms with Gasteiger partial charge < -0.3 is 128 Å². The minimum Gasteiger partial charge on any atom is -0.508 e. The number of aliphatic hydroxyl groups excluding tert-OH is 6. The van der Waals surface area contributed by atoms with Crippen molar-refractivity contribution in [2.24, 2.45) is 17.4 Å². The van der Waals surface area contributed by atoms with Crippen LogP contribution in [0.5, 0.6) is 46.0 Å². The lowest BCUT2D eigenvalue weighted by Gasteiger charge is -2.47. The first-order valence-corrected chi connectivity index (χ1v) is 32.4. The Kier molecular flexibility index (Phi) is 22.2. The fourth-order valence-electron chi connectivity index (χ4n) is 12.5. The molecule has 18 atom stereocenters. The monoisotopic (exact) mass is 1450 g/mol. The van der Waals surface area contributed by atoms with Crippen LogP contribution in [0, 0.1) is 5.92 Å². The summed E-state index contributed by atoms with van der Waals surface area (Å²) in [6.07, 6.45) is -18.6. The molecule has 0 saturated carbocycles. The summed E-state index contributed by atoms with van der Waals surface area (Å²) in [7, 11) is 1.47. The van der Waals surface area contributed by atoms with Crippen LogP contribution in [0.25, 0.3) is 11.1 Å². The number of benzene rings is 5. The minimum atomic E-state index is -2.35. The molecule has 5 aromatic rings. The third-order valence-electron chi connectivity index (χ3n) is 17.8. The van der Waals surface area contributed by atoms with Crippen molar-refractivity contribution in [3.63, 3.8) is 0 Å². The number of carbonyl (C=O) groups excluding carboxylic acids is 7. The Bertz CT molecular complexity index is 4070. The van der Waals surface area contributed by atoms with Crippen LogP contribution in [-0.4, -0.2) is 191 Å². The van der Waals surface area contributed by atoms with E-state index in [1.807, 2.05) is 13.8 Å². The first-order valence-electron chi connectivity index (χ1n) is 31.6. The maximum absolute atomic E-state index is 16.0. The minimum absolute atomic E-state index is 0.0975. The summed E-state index contributed by atoms with van der Waals surface area (Å²) in [5, 5.41) is 131. The topological polar surface area (TPSA) is 530 Å². The second-order valence-corrected chi connectivity index (χ2v) is 26.5. The molecule has 0 aliphatic carbocycles. The summed E-state index contributed by atoms with van der Waals surface area (Å²) in [6.45, 7) is 5.66. The Morgan fingerprint density at radius 1 is 0.713 bits per heavy atom. The number of carbonyl (C=O) groups is 8. The van der Waals surface area contributed by atoms with Crippen molar-refractivity contribution in [3.8, 4) is 57.1 Å². The third kappa shape index (κ3) is 15.8. The van der Waals surface area contributed by atoms with E-state index >= 15 is 14.4 Å². The number of fused-ring (bicyclic) bond motifs is 15. The van der Waals surface area contributed by atoms with Crippen molar-refractivity contribution in [2.45, 2.75) is 156 Å². The SMILES string of the molecule is CN[C@H](CC(C)C)C(=O)N[C@H]1C(=O)N[C@@H](CC(N)=O)C(=O)N[C@H]2C(=O)NC3C(=O)N[C@H](C(=O)N[C@H](C(=O)O)c4cc(O)cc(O)c4-c4cc3ccc4O)[C@H](O)c3ccc(c(Cl)c3)Oc3cc2cc(c3O[C@H]2OC(CO)[C@H](O)C(O)C2O[C@H]2CC(C)(N)[C@@H](O)C(C)O2)Oc2ccc(cc2Cl)[C@H]1O. The smallest absolute Gasteiger partial charge is 0.330 e. The number of aromatic hydroxyl groups is 3. The quantitative estimate of drug-likeness (QED) is 0.0743. The largest absolute Gasteiger partial charge is 0.508 e. The number of hydrogen-bond acceptors (Lipinski definition) is 25. The lowest BCUT2D eigenvalue weighted by molar-refractivity contribution is -0.333.